The third-order valence-electron chi connectivity index (χ3n) is 4.05. The number of carbonyl (C=O) groups is 1. The number of hydrogen-bond acceptors (Lipinski definition) is 5. The standard InChI is InChI=1S/C15H22ClN3O3S/c1-2-23(21,22)10-7-17-15(20)12-5-8-19(9-6-12)14-4-3-13(16)11-18-14/h3-4,11-12H,2,5-10H2,1H3,(H,17,20). The van der Waals surface area contributed by atoms with Crippen LogP contribution in [-0.4, -0.2) is 50.4 Å². The Balaban J connectivity index is 1.77. The van der Waals surface area contributed by atoms with Crippen molar-refractivity contribution in [2.45, 2.75) is 19.8 Å². The van der Waals surface area contributed by atoms with Gasteiger partial charge in [0.25, 0.3) is 0 Å². The first-order chi connectivity index (χ1) is 10.9. The molecule has 8 heteroatoms. The minimum Gasteiger partial charge on any atom is -0.357 e. The summed E-state index contributed by atoms with van der Waals surface area (Å²) in [4.78, 5) is 18.5. The Morgan fingerprint density at radius 3 is 2.65 bits per heavy atom. The van der Waals surface area contributed by atoms with E-state index in [1.54, 1.807) is 19.2 Å². The van der Waals surface area contributed by atoms with Gasteiger partial charge in [0, 0.05) is 37.5 Å². The summed E-state index contributed by atoms with van der Waals surface area (Å²) >= 11 is 5.83. The number of nitrogens with zero attached hydrogens (tertiary/aromatic N) is 2. The lowest BCUT2D eigenvalue weighted by Gasteiger charge is -2.32. The molecule has 128 valence electrons. The molecule has 1 amide bonds. The van der Waals surface area contributed by atoms with Gasteiger partial charge in [0.2, 0.25) is 5.91 Å². The summed E-state index contributed by atoms with van der Waals surface area (Å²) in [6.45, 7) is 3.30. The van der Waals surface area contributed by atoms with Crippen molar-refractivity contribution in [3.8, 4) is 0 Å². The van der Waals surface area contributed by atoms with Gasteiger partial charge < -0.3 is 10.2 Å². The highest BCUT2D eigenvalue weighted by atomic mass is 35.5. The molecule has 2 rings (SSSR count). The van der Waals surface area contributed by atoms with Gasteiger partial charge in [-0.05, 0) is 25.0 Å². The van der Waals surface area contributed by atoms with Crippen molar-refractivity contribution in [3.05, 3.63) is 23.4 Å². The maximum Gasteiger partial charge on any atom is 0.223 e. The lowest BCUT2D eigenvalue weighted by Crippen LogP contribution is -2.41. The zero-order chi connectivity index (χ0) is 16.9. The Bertz CT molecular complexity index is 626. The molecule has 1 fully saturated rings. The monoisotopic (exact) mass is 359 g/mol. The molecule has 0 aromatic carbocycles. The summed E-state index contributed by atoms with van der Waals surface area (Å²) in [7, 11) is -3.04. The van der Waals surface area contributed by atoms with E-state index in [1.165, 1.54) is 0 Å². The van der Waals surface area contributed by atoms with E-state index in [-0.39, 0.29) is 29.9 Å². The highest BCUT2D eigenvalue weighted by molar-refractivity contribution is 7.91. The fraction of sp³-hybridized carbons (Fsp3) is 0.600. The fourth-order valence-electron chi connectivity index (χ4n) is 2.54. The number of aromatic nitrogens is 1. The van der Waals surface area contributed by atoms with Crippen molar-refractivity contribution in [1.29, 1.82) is 0 Å². The van der Waals surface area contributed by atoms with Crippen LogP contribution in [0.2, 0.25) is 5.02 Å². The summed E-state index contributed by atoms with van der Waals surface area (Å²) in [5, 5.41) is 3.34. The number of amides is 1. The van der Waals surface area contributed by atoms with Crippen LogP contribution in [0.1, 0.15) is 19.8 Å². The average Bonchev–Trinajstić information content (AvgIpc) is 2.55. The quantitative estimate of drug-likeness (QED) is 0.832. The van der Waals surface area contributed by atoms with Crippen LogP contribution in [0.25, 0.3) is 0 Å². The third-order valence-corrected chi connectivity index (χ3v) is 5.98. The van der Waals surface area contributed by atoms with Crippen LogP contribution in [-0.2, 0) is 14.6 Å². The summed E-state index contributed by atoms with van der Waals surface area (Å²) in [6.07, 6.45) is 3.08. The Kier molecular flexibility index (Phi) is 6.24. The first-order valence-electron chi connectivity index (χ1n) is 7.76. The number of hydrogen-bond donors (Lipinski definition) is 1. The Hall–Kier alpha value is -1.34. The van der Waals surface area contributed by atoms with Gasteiger partial charge in [0.1, 0.15) is 5.82 Å². The van der Waals surface area contributed by atoms with E-state index in [1.807, 2.05) is 6.07 Å². The van der Waals surface area contributed by atoms with Gasteiger partial charge in [-0.2, -0.15) is 0 Å². The normalized spacial score (nSPS) is 16.3. The zero-order valence-corrected chi connectivity index (χ0v) is 14.7. The molecule has 1 aromatic heterocycles. The molecule has 0 unspecified atom stereocenters. The first-order valence-corrected chi connectivity index (χ1v) is 9.96. The van der Waals surface area contributed by atoms with Crippen LogP contribution in [0.4, 0.5) is 5.82 Å². The molecule has 1 aliphatic heterocycles. The number of anilines is 1. The van der Waals surface area contributed by atoms with Gasteiger partial charge in [-0.3, -0.25) is 4.79 Å². The van der Waals surface area contributed by atoms with Crippen LogP contribution in [0.3, 0.4) is 0 Å². The number of rotatable bonds is 6. The van der Waals surface area contributed by atoms with Crippen LogP contribution in [0.5, 0.6) is 0 Å². The maximum atomic E-state index is 12.1. The molecule has 0 saturated carbocycles. The molecule has 0 spiro atoms. The van der Waals surface area contributed by atoms with Gasteiger partial charge in [0.15, 0.2) is 9.84 Å². The van der Waals surface area contributed by atoms with Gasteiger partial charge in [-0.1, -0.05) is 18.5 Å². The average molecular weight is 360 g/mol. The molecule has 23 heavy (non-hydrogen) atoms. The largest absolute Gasteiger partial charge is 0.357 e. The molecule has 6 nitrogen and oxygen atoms in total. The third kappa shape index (κ3) is 5.35. The Morgan fingerprint density at radius 2 is 2.09 bits per heavy atom. The van der Waals surface area contributed by atoms with Gasteiger partial charge in [0.05, 0.1) is 10.8 Å². The lowest BCUT2D eigenvalue weighted by atomic mass is 9.96. The Labute approximate surface area is 142 Å². The van der Waals surface area contributed by atoms with Crippen LogP contribution >= 0.6 is 11.6 Å². The van der Waals surface area contributed by atoms with E-state index in [0.717, 1.165) is 31.7 Å². The molecule has 1 N–H and O–H groups in total. The topological polar surface area (TPSA) is 79.4 Å². The predicted octanol–water partition coefficient (Wildman–Crippen LogP) is 1.50. The lowest BCUT2D eigenvalue weighted by molar-refractivity contribution is -0.125. The second-order valence-corrected chi connectivity index (χ2v) is 8.53. The number of sulfone groups is 1. The molecular weight excluding hydrogens is 338 g/mol. The Morgan fingerprint density at radius 1 is 1.39 bits per heavy atom. The number of pyridine rings is 1. The van der Waals surface area contributed by atoms with E-state index in [4.69, 9.17) is 11.6 Å². The molecule has 0 atom stereocenters. The molecule has 0 aliphatic carbocycles. The summed E-state index contributed by atoms with van der Waals surface area (Å²) < 4.78 is 22.8. The second kappa shape index (κ2) is 7.97. The highest BCUT2D eigenvalue weighted by Crippen LogP contribution is 2.22. The van der Waals surface area contributed by atoms with Crippen molar-refractivity contribution in [3.63, 3.8) is 0 Å². The minimum atomic E-state index is -3.04. The summed E-state index contributed by atoms with van der Waals surface area (Å²) in [5.41, 5.74) is 0. The first kappa shape index (κ1) is 18.0. The van der Waals surface area contributed by atoms with Crippen LogP contribution in [0, 0.1) is 5.92 Å². The zero-order valence-electron chi connectivity index (χ0n) is 13.2. The molecule has 1 saturated heterocycles. The van der Waals surface area contributed by atoms with E-state index in [9.17, 15) is 13.2 Å². The van der Waals surface area contributed by atoms with Crippen LogP contribution < -0.4 is 10.2 Å². The fourth-order valence-corrected chi connectivity index (χ4v) is 3.36. The molecule has 1 aromatic rings. The molecule has 0 bridgehead atoms. The molecule has 0 radical (unpaired) electrons. The molecule has 1 aliphatic rings. The van der Waals surface area contributed by atoms with E-state index < -0.39 is 9.84 Å². The van der Waals surface area contributed by atoms with E-state index in [2.05, 4.69) is 15.2 Å². The van der Waals surface area contributed by atoms with Gasteiger partial charge in [-0.25, -0.2) is 13.4 Å². The maximum absolute atomic E-state index is 12.1. The van der Waals surface area contributed by atoms with Crippen molar-refractivity contribution in [2.24, 2.45) is 5.92 Å². The van der Waals surface area contributed by atoms with Gasteiger partial charge in [-0.15, -0.1) is 0 Å². The number of nitrogens with one attached hydrogen (secondary N) is 1. The highest BCUT2D eigenvalue weighted by Gasteiger charge is 2.25. The molecule has 2 heterocycles. The van der Waals surface area contributed by atoms with Gasteiger partial charge >= 0.3 is 0 Å². The number of piperidine rings is 1. The van der Waals surface area contributed by atoms with Crippen molar-refractivity contribution in [1.82, 2.24) is 10.3 Å². The predicted molar refractivity (Wildman–Crippen MR) is 91.5 cm³/mol. The van der Waals surface area contributed by atoms with Crippen molar-refractivity contribution < 1.29 is 13.2 Å². The smallest absolute Gasteiger partial charge is 0.223 e. The van der Waals surface area contributed by atoms with E-state index in [0.29, 0.717) is 5.02 Å². The number of carbonyl (C=O) groups excluding carboxylic acids is 1. The summed E-state index contributed by atoms with van der Waals surface area (Å²) in [6, 6.07) is 3.68. The summed E-state index contributed by atoms with van der Waals surface area (Å²) in [5.74, 6) is 0.850. The van der Waals surface area contributed by atoms with E-state index >= 15 is 0 Å². The second-order valence-electron chi connectivity index (χ2n) is 5.62. The number of halogens is 1. The van der Waals surface area contributed by atoms with Crippen molar-refractivity contribution in [2.75, 3.05) is 36.0 Å². The SMILES string of the molecule is CCS(=O)(=O)CCNC(=O)C1CCN(c2ccc(Cl)cn2)CC1. The molecular formula is C15H22ClN3O3S. The van der Waals surface area contributed by atoms with Crippen molar-refractivity contribution >= 4 is 33.2 Å². The minimum absolute atomic E-state index is 0.00276. The van der Waals surface area contributed by atoms with Crippen LogP contribution in [0.15, 0.2) is 18.3 Å².